The molecular formula is C20H20N8O2. The maximum absolute atomic E-state index is 11.1. The smallest absolute Gasteiger partial charge is 0.338 e. The molecule has 5 heterocycles. The number of carboxylic acids is 1. The summed E-state index contributed by atoms with van der Waals surface area (Å²) >= 11 is 0. The first-order valence-corrected chi connectivity index (χ1v) is 9.67. The number of anilines is 2. The van der Waals surface area contributed by atoms with Gasteiger partial charge in [-0.15, -0.1) is 0 Å². The molecule has 30 heavy (non-hydrogen) atoms. The van der Waals surface area contributed by atoms with E-state index in [9.17, 15) is 4.79 Å². The second-order valence-electron chi connectivity index (χ2n) is 7.27. The Labute approximate surface area is 171 Å². The van der Waals surface area contributed by atoms with Crippen LogP contribution >= 0.6 is 0 Å². The van der Waals surface area contributed by atoms with E-state index in [1.807, 2.05) is 29.0 Å². The second kappa shape index (κ2) is 7.14. The summed E-state index contributed by atoms with van der Waals surface area (Å²) in [6, 6.07) is 5.89. The van der Waals surface area contributed by atoms with Gasteiger partial charge < -0.3 is 20.3 Å². The van der Waals surface area contributed by atoms with Crippen LogP contribution in [-0.2, 0) is 0 Å². The fraction of sp³-hybridized carbons (Fsp3) is 0.250. The van der Waals surface area contributed by atoms with Gasteiger partial charge in [0.05, 0.1) is 28.9 Å². The molecule has 10 heteroatoms. The van der Waals surface area contributed by atoms with Gasteiger partial charge in [-0.3, -0.25) is 9.67 Å². The minimum Gasteiger partial charge on any atom is -0.478 e. The van der Waals surface area contributed by atoms with Crippen molar-refractivity contribution in [2.45, 2.75) is 18.9 Å². The third kappa shape index (κ3) is 3.11. The van der Waals surface area contributed by atoms with E-state index in [2.05, 4.69) is 20.0 Å². The molecule has 0 aliphatic carbocycles. The summed E-state index contributed by atoms with van der Waals surface area (Å²) in [7, 11) is 0. The van der Waals surface area contributed by atoms with Gasteiger partial charge in [-0.05, 0) is 31.0 Å². The van der Waals surface area contributed by atoms with Crippen molar-refractivity contribution in [2.75, 3.05) is 23.7 Å². The Morgan fingerprint density at radius 1 is 1.13 bits per heavy atom. The van der Waals surface area contributed by atoms with Crippen molar-refractivity contribution < 1.29 is 9.90 Å². The quantitative estimate of drug-likeness (QED) is 0.529. The molecule has 1 fully saturated rings. The number of nitrogens with zero attached hydrogens (tertiary/aromatic N) is 7. The minimum atomic E-state index is -0.965. The van der Waals surface area contributed by atoms with E-state index in [1.165, 1.54) is 6.20 Å². The molecule has 0 radical (unpaired) electrons. The van der Waals surface area contributed by atoms with E-state index in [0.29, 0.717) is 11.8 Å². The molecule has 10 nitrogen and oxygen atoms in total. The first kappa shape index (κ1) is 18.1. The Hall–Kier alpha value is -3.95. The van der Waals surface area contributed by atoms with Gasteiger partial charge in [0.15, 0.2) is 5.65 Å². The number of aromatic carboxylic acids is 1. The molecule has 4 aromatic heterocycles. The molecule has 0 aromatic carbocycles. The summed E-state index contributed by atoms with van der Waals surface area (Å²) in [4.78, 5) is 26.6. The largest absolute Gasteiger partial charge is 0.478 e. The van der Waals surface area contributed by atoms with E-state index < -0.39 is 5.97 Å². The average molecular weight is 404 g/mol. The maximum atomic E-state index is 11.1. The van der Waals surface area contributed by atoms with Crippen LogP contribution in [0.5, 0.6) is 0 Å². The number of piperidine rings is 1. The first-order chi connectivity index (χ1) is 14.6. The summed E-state index contributed by atoms with van der Waals surface area (Å²) in [5.41, 5.74) is 8.14. The highest BCUT2D eigenvalue weighted by molar-refractivity contribution is 5.88. The van der Waals surface area contributed by atoms with Crippen LogP contribution in [0, 0.1) is 0 Å². The SMILES string of the molecule is Nc1nc(N2CCC(n3cc(C(=O)O)cn3)CC2)nc2c1ccn2-c1ccncc1. The number of hydrogen-bond acceptors (Lipinski definition) is 7. The van der Waals surface area contributed by atoms with Crippen molar-refractivity contribution in [3.63, 3.8) is 0 Å². The van der Waals surface area contributed by atoms with Gasteiger partial charge in [0, 0.05) is 37.9 Å². The lowest BCUT2D eigenvalue weighted by atomic mass is 10.1. The zero-order valence-corrected chi connectivity index (χ0v) is 16.1. The van der Waals surface area contributed by atoms with E-state index >= 15 is 0 Å². The number of carboxylic acid groups (broad SMARTS) is 1. The minimum absolute atomic E-state index is 0.149. The van der Waals surface area contributed by atoms with Crippen molar-refractivity contribution >= 4 is 28.8 Å². The van der Waals surface area contributed by atoms with E-state index in [1.54, 1.807) is 23.3 Å². The molecule has 1 aliphatic heterocycles. The van der Waals surface area contributed by atoms with Crippen molar-refractivity contribution in [1.82, 2.24) is 29.3 Å². The second-order valence-corrected chi connectivity index (χ2v) is 7.27. The Morgan fingerprint density at radius 2 is 1.90 bits per heavy atom. The number of hydrogen-bond donors (Lipinski definition) is 2. The van der Waals surface area contributed by atoms with Crippen LogP contribution in [0.2, 0.25) is 0 Å². The lowest BCUT2D eigenvalue weighted by Crippen LogP contribution is -2.36. The molecule has 0 atom stereocenters. The van der Waals surface area contributed by atoms with Crippen LogP contribution in [0.4, 0.5) is 11.8 Å². The van der Waals surface area contributed by atoms with Gasteiger partial charge in [0.1, 0.15) is 5.82 Å². The first-order valence-electron chi connectivity index (χ1n) is 9.67. The summed E-state index contributed by atoms with van der Waals surface area (Å²) < 4.78 is 3.72. The molecule has 152 valence electrons. The normalized spacial score (nSPS) is 15.0. The molecule has 0 spiro atoms. The molecule has 0 unspecified atom stereocenters. The summed E-state index contributed by atoms with van der Waals surface area (Å²) in [6.45, 7) is 1.46. The van der Waals surface area contributed by atoms with Crippen molar-refractivity contribution in [1.29, 1.82) is 0 Å². The fourth-order valence-corrected chi connectivity index (χ4v) is 3.86. The highest BCUT2D eigenvalue weighted by Crippen LogP contribution is 2.28. The zero-order valence-electron chi connectivity index (χ0n) is 16.1. The molecule has 0 bridgehead atoms. The third-order valence-corrected chi connectivity index (χ3v) is 5.47. The number of nitrogen functional groups attached to an aromatic ring is 1. The molecular weight excluding hydrogens is 384 g/mol. The van der Waals surface area contributed by atoms with Crippen LogP contribution in [0.3, 0.4) is 0 Å². The molecule has 3 N–H and O–H groups in total. The highest BCUT2D eigenvalue weighted by atomic mass is 16.4. The number of carbonyl (C=O) groups is 1. The maximum Gasteiger partial charge on any atom is 0.338 e. The van der Waals surface area contributed by atoms with Crippen LogP contribution in [-0.4, -0.2) is 53.5 Å². The number of rotatable bonds is 4. The Bertz CT molecular complexity index is 1210. The number of fused-ring (bicyclic) bond motifs is 1. The van der Waals surface area contributed by atoms with Crippen LogP contribution < -0.4 is 10.6 Å². The van der Waals surface area contributed by atoms with Gasteiger partial charge in [0.2, 0.25) is 5.95 Å². The van der Waals surface area contributed by atoms with Crippen LogP contribution in [0.25, 0.3) is 16.7 Å². The number of aromatic nitrogens is 6. The molecule has 4 aromatic rings. The van der Waals surface area contributed by atoms with E-state index in [0.717, 1.165) is 42.7 Å². The standard InChI is InChI=1S/C20H20N8O2/c21-17-16-5-10-27(14-1-6-22-7-2-14)18(16)25-20(24-17)26-8-3-15(4-9-26)28-12-13(11-23-28)19(29)30/h1-2,5-7,10-12,15H,3-4,8-9H2,(H,29,30)(H2,21,24,25). The summed E-state index contributed by atoms with van der Waals surface area (Å²) in [5, 5.41) is 14.1. The van der Waals surface area contributed by atoms with Crippen molar-refractivity contribution in [3.8, 4) is 5.69 Å². The molecule has 1 aliphatic rings. The predicted molar refractivity (Wildman–Crippen MR) is 111 cm³/mol. The van der Waals surface area contributed by atoms with Gasteiger partial charge in [-0.1, -0.05) is 0 Å². The lowest BCUT2D eigenvalue weighted by Gasteiger charge is -2.32. The number of nitrogens with two attached hydrogens (primary N) is 1. The fourth-order valence-electron chi connectivity index (χ4n) is 3.86. The number of pyridine rings is 1. The summed E-state index contributed by atoms with van der Waals surface area (Å²) in [5.74, 6) is 0.0790. The van der Waals surface area contributed by atoms with E-state index in [4.69, 9.17) is 15.8 Å². The van der Waals surface area contributed by atoms with Gasteiger partial charge in [0.25, 0.3) is 0 Å². The lowest BCUT2D eigenvalue weighted by molar-refractivity contribution is 0.0696. The Morgan fingerprint density at radius 3 is 2.60 bits per heavy atom. The molecule has 1 saturated heterocycles. The zero-order chi connectivity index (χ0) is 20.7. The molecule has 5 rings (SSSR count). The summed E-state index contributed by atoms with van der Waals surface area (Å²) in [6.07, 6.45) is 10.0. The molecule has 0 saturated carbocycles. The third-order valence-electron chi connectivity index (χ3n) is 5.47. The van der Waals surface area contributed by atoms with Crippen LogP contribution in [0.1, 0.15) is 29.2 Å². The van der Waals surface area contributed by atoms with Crippen molar-refractivity contribution in [3.05, 3.63) is 54.7 Å². The van der Waals surface area contributed by atoms with Crippen molar-refractivity contribution in [2.24, 2.45) is 0 Å². The van der Waals surface area contributed by atoms with Crippen LogP contribution in [0.15, 0.2) is 49.2 Å². The van der Waals surface area contributed by atoms with Gasteiger partial charge >= 0.3 is 5.97 Å². The van der Waals surface area contributed by atoms with E-state index in [-0.39, 0.29) is 11.6 Å². The van der Waals surface area contributed by atoms with Gasteiger partial charge in [-0.25, -0.2) is 4.79 Å². The molecule has 0 amide bonds. The Balaban J connectivity index is 1.39. The predicted octanol–water partition coefficient (Wildman–Crippen LogP) is 2.13. The monoisotopic (exact) mass is 404 g/mol. The highest BCUT2D eigenvalue weighted by Gasteiger charge is 2.24. The average Bonchev–Trinajstić information content (AvgIpc) is 3.42. The van der Waals surface area contributed by atoms with Gasteiger partial charge in [-0.2, -0.15) is 15.1 Å². The topological polar surface area (TPSA) is 128 Å². The Kier molecular flexibility index (Phi) is 4.31.